The molecule has 1 aromatic rings. The van der Waals surface area contributed by atoms with Crippen LogP contribution in [0.3, 0.4) is 0 Å². The lowest BCUT2D eigenvalue weighted by Crippen LogP contribution is -2.45. The number of unbranched alkanes of at least 4 members (excludes halogenated alkanes) is 3. The maximum atomic E-state index is 12.5. The van der Waals surface area contributed by atoms with Gasteiger partial charge in [0.25, 0.3) is 5.91 Å². The smallest absolute Gasteiger partial charge is 0.251 e. The Morgan fingerprint density at radius 3 is 2.61 bits per heavy atom. The standard InChI is InChI=1S/C27H42N2O4/c1-7-12-24-13-14-25(22(3)19-24)33-23(4)21(2)15-18-32-27(5,6)26(31)29-17-11-9-8-10-16-28-20-30/h7,12-14,19,21,23H,8-11,15-18H2,1-6H3,(H,29,31)/b12-7+. The number of rotatable bonds is 16. The summed E-state index contributed by atoms with van der Waals surface area (Å²) in [7, 11) is 0. The zero-order valence-electron chi connectivity index (χ0n) is 21.3. The summed E-state index contributed by atoms with van der Waals surface area (Å²) in [4.78, 5) is 26.0. The quantitative estimate of drug-likeness (QED) is 0.198. The SMILES string of the molecule is C/C=C/c1ccc(OC(C)C(C)CCOC(C)(C)C(=O)NCCCCCCN=C=O)c(C)c1. The minimum atomic E-state index is -0.873. The second kappa shape index (κ2) is 15.4. The van der Waals surface area contributed by atoms with Crippen molar-refractivity contribution in [3.05, 3.63) is 35.4 Å². The number of aryl methyl sites for hydroxylation is 1. The van der Waals surface area contributed by atoms with Gasteiger partial charge in [-0.3, -0.25) is 4.79 Å². The van der Waals surface area contributed by atoms with Crippen molar-refractivity contribution in [2.45, 2.75) is 85.4 Å². The van der Waals surface area contributed by atoms with Gasteiger partial charge >= 0.3 is 0 Å². The van der Waals surface area contributed by atoms with Crippen LogP contribution in [-0.2, 0) is 14.3 Å². The summed E-state index contributed by atoms with van der Waals surface area (Å²) in [6, 6.07) is 6.21. The van der Waals surface area contributed by atoms with Gasteiger partial charge in [-0.15, -0.1) is 0 Å². The number of carbonyl (C=O) groups is 1. The Morgan fingerprint density at radius 1 is 1.21 bits per heavy atom. The zero-order valence-corrected chi connectivity index (χ0v) is 21.3. The molecule has 0 spiro atoms. The normalized spacial score (nSPS) is 13.4. The van der Waals surface area contributed by atoms with E-state index in [2.05, 4.69) is 49.3 Å². The van der Waals surface area contributed by atoms with E-state index in [-0.39, 0.29) is 17.9 Å². The molecule has 33 heavy (non-hydrogen) atoms. The van der Waals surface area contributed by atoms with Crippen LogP contribution in [0.1, 0.15) is 77.8 Å². The van der Waals surface area contributed by atoms with Crippen LogP contribution >= 0.6 is 0 Å². The van der Waals surface area contributed by atoms with Crippen LogP contribution in [0, 0.1) is 12.8 Å². The lowest BCUT2D eigenvalue weighted by Gasteiger charge is -2.27. The molecule has 0 aromatic heterocycles. The van der Waals surface area contributed by atoms with Crippen molar-refractivity contribution in [1.82, 2.24) is 5.32 Å². The molecular weight excluding hydrogens is 416 g/mol. The Balaban J connectivity index is 2.33. The highest BCUT2D eigenvalue weighted by atomic mass is 16.5. The number of nitrogens with zero attached hydrogens (tertiary/aromatic N) is 1. The molecular formula is C27H42N2O4. The molecule has 1 N–H and O–H groups in total. The highest BCUT2D eigenvalue weighted by molar-refractivity contribution is 5.84. The van der Waals surface area contributed by atoms with Crippen LogP contribution in [0.15, 0.2) is 29.3 Å². The highest BCUT2D eigenvalue weighted by Crippen LogP contribution is 2.24. The first kappa shape index (κ1) is 28.6. The van der Waals surface area contributed by atoms with Crippen LogP contribution in [0.4, 0.5) is 0 Å². The van der Waals surface area contributed by atoms with E-state index in [4.69, 9.17) is 9.47 Å². The second-order valence-electron chi connectivity index (χ2n) is 9.12. The summed E-state index contributed by atoms with van der Waals surface area (Å²) in [5, 5.41) is 2.96. The molecule has 0 heterocycles. The third-order valence-corrected chi connectivity index (χ3v) is 5.80. The van der Waals surface area contributed by atoms with E-state index in [1.165, 1.54) is 5.56 Å². The minimum Gasteiger partial charge on any atom is -0.490 e. The van der Waals surface area contributed by atoms with E-state index >= 15 is 0 Å². The molecule has 0 aliphatic rings. The van der Waals surface area contributed by atoms with Gasteiger partial charge in [0.05, 0.1) is 12.6 Å². The third-order valence-electron chi connectivity index (χ3n) is 5.80. The topological polar surface area (TPSA) is 77.0 Å². The highest BCUT2D eigenvalue weighted by Gasteiger charge is 2.28. The number of benzene rings is 1. The summed E-state index contributed by atoms with van der Waals surface area (Å²) in [6.45, 7) is 13.5. The fraction of sp³-hybridized carbons (Fsp3) is 0.630. The van der Waals surface area contributed by atoms with Gasteiger partial charge in [0.1, 0.15) is 11.4 Å². The first-order valence-corrected chi connectivity index (χ1v) is 12.1. The Bertz CT molecular complexity index is 797. The largest absolute Gasteiger partial charge is 0.490 e. The van der Waals surface area contributed by atoms with Crippen LogP contribution < -0.4 is 10.1 Å². The van der Waals surface area contributed by atoms with Crippen LogP contribution in [0.5, 0.6) is 5.75 Å². The van der Waals surface area contributed by atoms with Crippen molar-refractivity contribution in [2.24, 2.45) is 10.9 Å². The van der Waals surface area contributed by atoms with Crippen molar-refractivity contribution in [3.63, 3.8) is 0 Å². The van der Waals surface area contributed by atoms with Gasteiger partial charge in [-0.2, -0.15) is 0 Å². The zero-order chi connectivity index (χ0) is 24.7. The summed E-state index contributed by atoms with van der Waals surface area (Å²) in [6.07, 6.45) is 10.2. The monoisotopic (exact) mass is 458 g/mol. The minimum absolute atomic E-state index is 0.0361. The van der Waals surface area contributed by atoms with E-state index in [1.807, 2.05) is 19.1 Å². The predicted octanol–water partition coefficient (Wildman–Crippen LogP) is 5.63. The van der Waals surface area contributed by atoms with E-state index in [9.17, 15) is 9.59 Å². The molecule has 0 fully saturated rings. The average molecular weight is 459 g/mol. The molecule has 6 heteroatoms. The number of aliphatic imine (C=N–C) groups is 1. The van der Waals surface area contributed by atoms with Gasteiger partial charge in [-0.05, 0) is 83.1 Å². The Kier molecular flexibility index (Phi) is 13.4. The molecule has 2 unspecified atom stereocenters. The predicted molar refractivity (Wildman–Crippen MR) is 134 cm³/mol. The Labute approximate surface area is 199 Å². The second-order valence-corrected chi connectivity index (χ2v) is 9.12. The van der Waals surface area contributed by atoms with Crippen molar-refractivity contribution < 1.29 is 19.1 Å². The van der Waals surface area contributed by atoms with Crippen molar-refractivity contribution >= 4 is 18.1 Å². The number of carbonyl (C=O) groups excluding carboxylic acids is 2. The number of hydrogen-bond donors (Lipinski definition) is 1. The molecule has 0 bridgehead atoms. The van der Waals surface area contributed by atoms with Crippen molar-refractivity contribution in [1.29, 1.82) is 0 Å². The number of amides is 1. The van der Waals surface area contributed by atoms with Crippen LogP contribution in [0.2, 0.25) is 0 Å². The van der Waals surface area contributed by atoms with Gasteiger partial charge in [-0.1, -0.05) is 38.0 Å². The van der Waals surface area contributed by atoms with Gasteiger partial charge in [0, 0.05) is 13.2 Å². The van der Waals surface area contributed by atoms with E-state index in [0.717, 1.165) is 43.4 Å². The third kappa shape index (κ3) is 11.3. The molecule has 0 aliphatic heterocycles. The number of nitrogens with one attached hydrogen (secondary N) is 1. The molecule has 2 atom stereocenters. The fourth-order valence-electron chi connectivity index (χ4n) is 3.35. The molecule has 0 saturated carbocycles. The summed E-state index contributed by atoms with van der Waals surface area (Å²) in [5.41, 5.74) is 1.41. The number of ether oxygens (including phenoxy) is 2. The lowest BCUT2D eigenvalue weighted by molar-refractivity contribution is -0.143. The first-order chi connectivity index (χ1) is 15.7. The van der Waals surface area contributed by atoms with E-state index in [1.54, 1.807) is 19.9 Å². The molecule has 184 valence electrons. The summed E-state index contributed by atoms with van der Waals surface area (Å²) >= 11 is 0. The summed E-state index contributed by atoms with van der Waals surface area (Å²) < 4.78 is 12.1. The summed E-state index contributed by atoms with van der Waals surface area (Å²) in [5.74, 6) is 1.09. The Morgan fingerprint density at radius 2 is 1.94 bits per heavy atom. The van der Waals surface area contributed by atoms with Gasteiger partial charge in [0.15, 0.2) is 0 Å². The van der Waals surface area contributed by atoms with Gasteiger partial charge < -0.3 is 14.8 Å². The Hall–Kier alpha value is -2.43. The molecule has 0 radical (unpaired) electrons. The molecule has 1 amide bonds. The number of hydrogen-bond acceptors (Lipinski definition) is 5. The van der Waals surface area contributed by atoms with E-state index < -0.39 is 5.60 Å². The molecule has 0 aliphatic carbocycles. The lowest BCUT2D eigenvalue weighted by atomic mass is 10.0. The molecule has 1 aromatic carbocycles. The molecule has 1 rings (SSSR count). The van der Waals surface area contributed by atoms with Crippen molar-refractivity contribution in [3.8, 4) is 5.75 Å². The molecule has 6 nitrogen and oxygen atoms in total. The van der Waals surface area contributed by atoms with Gasteiger partial charge in [-0.25, -0.2) is 9.79 Å². The van der Waals surface area contributed by atoms with Crippen molar-refractivity contribution in [2.75, 3.05) is 19.7 Å². The number of isocyanates is 1. The molecule has 0 saturated heterocycles. The van der Waals surface area contributed by atoms with Crippen LogP contribution in [0.25, 0.3) is 6.08 Å². The van der Waals surface area contributed by atoms with E-state index in [0.29, 0.717) is 19.7 Å². The maximum absolute atomic E-state index is 12.5. The number of allylic oxidation sites excluding steroid dienone is 1. The maximum Gasteiger partial charge on any atom is 0.251 e. The average Bonchev–Trinajstić information content (AvgIpc) is 2.77. The first-order valence-electron chi connectivity index (χ1n) is 12.1. The fourth-order valence-corrected chi connectivity index (χ4v) is 3.35. The van der Waals surface area contributed by atoms with Crippen LogP contribution in [-0.4, -0.2) is 43.4 Å². The van der Waals surface area contributed by atoms with Gasteiger partial charge in [0.2, 0.25) is 6.08 Å².